The number of hydrogen-bond donors (Lipinski definition) is 3. The third kappa shape index (κ3) is 18.7. The van der Waals surface area contributed by atoms with Crippen LogP contribution in [0, 0.1) is 11.8 Å². The average molecular weight is 415 g/mol. The van der Waals surface area contributed by atoms with Gasteiger partial charge in [-0.05, 0) is 26.2 Å². The van der Waals surface area contributed by atoms with Gasteiger partial charge in [0.25, 0.3) is 0 Å². The topological polar surface area (TPSA) is 94.8 Å². The predicted molar refractivity (Wildman–Crippen MR) is 118 cm³/mol. The van der Waals surface area contributed by atoms with E-state index in [-0.39, 0.29) is 5.92 Å². The number of unbranched alkanes of at least 4 members (excludes halogenated alkanes) is 13. The standard InChI is InChI=1S/C24H46O5/c1-20(23(26)27)17-15-13-11-9-7-5-3-4-6-8-10-12-14-16-18-22(24(28)29)19-21(2)25/h20-22,25H,3-19H2,1-2H3,(H,26,27)(H,28,29). The third-order valence-corrected chi connectivity index (χ3v) is 5.84. The van der Waals surface area contributed by atoms with E-state index in [0.717, 1.165) is 32.1 Å². The summed E-state index contributed by atoms with van der Waals surface area (Å²) in [6.07, 6.45) is 18.3. The Morgan fingerprint density at radius 3 is 1.24 bits per heavy atom. The monoisotopic (exact) mass is 414 g/mol. The first-order chi connectivity index (χ1) is 13.8. The molecule has 29 heavy (non-hydrogen) atoms. The fourth-order valence-electron chi connectivity index (χ4n) is 3.84. The molecule has 0 aliphatic carbocycles. The maximum Gasteiger partial charge on any atom is 0.306 e. The molecule has 0 heterocycles. The van der Waals surface area contributed by atoms with Gasteiger partial charge in [0.2, 0.25) is 0 Å². The van der Waals surface area contributed by atoms with Gasteiger partial charge in [-0.3, -0.25) is 9.59 Å². The summed E-state index contributed by atoms with van der Waals surface area (Å²) >= 11 is 0. The molecule has 172 valence electrons. The van der Waals surface area contributed by atoms with E-state index in [4.69, 9.17) is 10.2 Å². The fraction of sp³-hybridized carbons (Fsp3) is 0.917. The van der Waals surface area contributed by atoms with E-state index in [9.17, 15) is 14.7 Å². The van der Waals surface area contributed by atoms with Gasteiger partial charge in [-0.25, -0.2) is 0 Å². The molecule has 0 aromatic rings. The molecule has 0 aromatic carbocycles. The second-order valence-corrected chi connectivity index (χ2v) is 8.89. The Morgan fingerprint density at radius 1 is 0.586 bits per heavy atom. The van der Waals surface area contributed by atoms with E-state index < -0.39 is 24.0 Å². The van der Waals surface area contributed by atoms with Crippen LogP contribution >= 0.6 is 0 Å². The minimum Gasteiger partial charge on any atom is -0.481 e. The third-order valence-electron chi connectivity index (χ3n) is 5.84. The molecule has 5 nitrogen and oxygen atoms in total. The number of aliphatic hydroxyl groups excluding tert-OH is 1. The summed E-state index contributed by atoms with van der Waals surface area (Å²) in [5.41, 5.74) is 0. The van der Waals surface area contributed by atoms with Crippen LogP contribution in [-0.4, -0.2) is 33.4 Å². The Kier molecular flexibility index (Phi) is 18.2. The zero-order valence-corrected chi connectivity index (χ0v) is 18.9. The SMILES string of the molecule is CC(O)CC(CCCCCCCCCCCCCCCCC(C)C(=O)O)C(=O)O. The minimum atomic E-state index is -0.779. The molecule has 5 heteroatoms. The molecule has 0 radical (unpaired) electrons. The van der Waals surface area contributed by atoms with E-state index >= 15 is 0 Å². The summed E-state index contributed by atoms with van der Waals surface area (Å²) in [6.45, 7) is 3.44. The van der Waals surface area contributed by atoms with Gasteiger partial charge in [0.05, 0.1) is 17.9 Å². The van der Waals surface area contributed by atoms with Crippen molar-refractivity contribution in [2.75, 3.05) is 0 Å². The second-order valence-electron chi connectivity index (χ2n) is 8.89. The Morgan fingerprint density at radius 2 is 0.931 bits per heavy atom. The first kappa shape index (κ1) is 27.9. The van der Waals surface area contributed by atoms with Crippen LogP contribution in [0.3, 0.4) is 0 Å². The summed E-state index contributed by atoms with van der Waals surface area (Å²) < 4.78 is 0. The number of aliphatic carboxylic acids is 2. The van der Waals surface area contributed by atoms with Crippen molar-refractivity contribution in [3.63, 3.8) is 0 Å². The molecule has 0 amide bonds. The van der Waals surface area contributed by atoms with E-state index in [2.05, 4.69) is 0 Å². The van der Waals surface area contributed by atoms with Crippen molar-refractivity contribution in [2.24, 2.45) is 11.8 Å². The van der Waals surface area contributed by atoms with Crippen LogP contribution in [-0.2, 0) is 9.59 Å². The Balaban J connectivity index is 3.29. The molecule has 3 unspecified atom stereocenters. The van der Waals surface area contributed by atoms with E-state index in [0.29, 0.717) is 12.8 Å². The molecule has 0 saturated heterocycles. The van der Waals surface area contributed by atoms with Crippen LogP contribution < -0.4 is 0 Å². The van der Waals surface area contributed by atoms with Gasteiger partial charge in [0, 0.05) is 0 Å². The van der Waals surface area contributed by atoms with Crippen LogP contribution in [0.15, 0.2) is 0 Å². The molecule has 0 aliphatic rings. The second kappa shape index (κ2) is 18.9. The van der Waals surface area contributed by atoms with Crippen molar-refractivity contribution in [3.8, 4) is 0 Å². The van der Waals surface area contributed by atoms with Gasteiger partial charge < -0.3 is 15.3 Å². The maximum absolute atomic E-state index is 11.1. The molecule has 0 rings (SSSR count). The summed E-state index contributed by atoms with van der Waals surface area (Å²) in [7, 11) is 0. The Hall–Kier alpha value is -1.10. The highest BCUT2D eigenvalue weighted by Crippen LogP contribution is 2.18. The highest BCUT2D eigenvalue weighted by Gasteiger charge is 2.18. The van der Waals surface area contributed by atoms with E-state index in [1.54, 1.807) is 13.8 Å². The number of carbonyl (C=O) groups is 2. The molecule has 0 fully saturated rings. The quantitative estimate of drug-likeness (QED) is 0.188. The molecule has 0 saturated carbocycles. The summed E-state index contributed by atoms with van der Waals surface area (Å²) in [5, 5.41) is 27.3. The minimum absolute atomic E-state index is 0.202. The number of hydrogen-bond acceptors (Lipinski definition) is 3. The van der Waals surface area contributed by atoms with Gasteiger partial charge in [-0.1, -0.05) is 96.8 Å². The average Bonchev–Trinajstić information content (AvgIpc) is 2.65. The van der Waals surface area contributed by atoms with Crippen LogP contribution in [0.25, 0.3) is 0 Å². The lowest BCUT2D eigenvalue weighted by molar-refractivity contribution is -0.143. The fourth-order valence-corrected chi connectivity index (χ4v) is 3.84. The van der Waals surface area contributed by atoms with Crippen molar-refractivity contribution in [3.05, 3.63) is 0 Å². The molecular weight excluding hydrogens is 368 g/mol. The lowest BCUT2D eigenvalue weighted by Crippen LogP contribution is -2.19. The Labute approximate surface area is 178 Å². The van der Waals surface area contributed by atoms with Gasteiger partial charge >= 0.3 is 11.9 Å². The lowest BCUT2D eigenvalue weighted by atomic mass is 9.95. The molecule has 0 aromatic heterocycles. The molecule has 0 aliphatic heterocycles. The predicted octanol–water partition coefficient (Wildman–Crippen LogP) is 6.42. The summed E-state index contributed by atoms with van der Waals surface area (Å²) in [6, 6.07) is 0. The van der Waals surface area contributed by atoms with Gasteiger partial charge in [-0.2, -0.15) is 0 Å². The lowest BCUT2D eigenvalue weighted by Gasteiger charge is -2.13. The van der Waals surface area contributed by atoms with Crippen LogP contribution in [0.2, 0.25) is 0 Å². The number of rotatable bonds is 21. The molecular formula is C24H46O5. The van der Waals surface area contributed by atoms with Crippen molar-refractivity contribution in [2.45, 2.75) is 129 Å². The Bertz CT molecular complexity index is 408. The highest BCUT2D eigenvalue weighted by atomic mass is 16.4. The smallest absolute Gasteiger partial charge is 0.306 e. The van der Waals surface area contributed by atoms with Crippen molar-refractivity contribution in [1.29, 1.82) is 0 Å². The number of aliphatic hydroxyl groups is 1. The summed E-state index contributed by atoms with van der Waals surface area (Å²) in [4.78, 5) is 21.9. The largest absolute Gasteiger partial charge is 0.481 e. The first-order valence-corrected chi connectivity index (χ1v) is 12.0. The van der Waals surface area contributed by atoms with Gasteiger partial charge in [0.15, 0.2) is 0 Å². The highest BCUT2D eigenvalue weighted by molar-refractivity contribution is 5.70. The molecule has 3 atom stereocenters. The van der Waals surface area contributed by atoms with Crippen LogP contribution in [0.1, 0.15) is 123 Å². The molecule has 0 spiro atoms. The molecule has 0 bridgehead atoms. The van der Waals surface area contributed by atoms with Gasteiger partial charge in [0.1, 0.15) is 0 Å². The van der Waals surface area contributed by atoms with Crippen molar-refractivity contribution in [1.82, 2.24) is 0 Å². The normalized spacial score (nSPS) is 14.4. The van der Waals surface area contributed by atoms with Crippen LogP contribution in [0.4, 0.5) is 0 Å². The zero-order chi connectivity index (χ0) is 21.9. The van der Waals surface area contributed by atoms with Crippen molar-refractivity contribution < 1.29 is 24.9 Å². The van der Waals surface area contributed by atoms with Crippen LogP contribution in [0.5, 0.6) is 0 Å². The molecule has 3 N–H and O–H groups in total. The maximum atomic E-state index is 11.1. The van der Waals surface area contributed by atoms with E-state index in [1.807, 2.05) is 0 Å². The van der Waals surface area contributed by atoms with Crippen molar-refractivity contribution >= 4 is 11.9 Å². The first-order valence-electron chi connectivity index (χ1n) is 12.0. The summed E-state index contributed by atoms with van der Waals surface area (Å²) in [5.74, 6) is -2.06. The van der Waals surface area contributed by atoms with E-state index in [1.165, 1.54) is 64.2 Å². The number of carboxylic acids is 2. The van der Waals surface area contributed by atoms with Gasteiger partial charge in [-0.15, -0.1) is 0 Å². The zero-order valence-electron chi connectivity index (χ0n) is 18.9. The number of carboxylic acid groups (broad SMARTS) is 2.